The Morgan fingerprint density at radius 3 is 2.43 bits per heavy atom. The monoisotopic (exact) mass is 425 g/mol. The zero-order valence-electron chi connectivity index (χ0n) is 16.3. The lowest BCUT2D eigenvalue weighted by Crippen LogP contribution is -2.38. The Labute approximate surface area is 170 Å². The number of aromatic amines is 1. The van der Waals surface area contributed by atoms with E-state index < -0.39 is 35.5 Å². The molecule has 2 heterocycles. The van der Waals surface area contributed by atoms with Crippen LogP contribution in [0.25, 0.3) is 10.9 Å². The molecule has 2 aromatic heterocycles. The van der Waals surface area contributed by atoms with E-state index in [1.165, 1.54) is 18.3 Å². The second-order valence-electron chi connectivity index (χ2n) is 8.60. The average Bonchev–Trinajstić information content (AvgIpc) is 2.67. The molecule has 0 aromatic carbocycles. The normalized spacial score (nSPS) is 26.5. The van der Waals surface area contributed by atoms with E-state index in [-0.39, 0.29) is 61.4 Å². The number of pyridine rings is 2. The first-order valence-electron chi connectivity index (χ1n) is 10.1. The molecule has 0 aliphatic heterocycles. The maximum Gasteiger partial charge on any atom is 0.268 e. The highest BCUT2D eigenvalue weighted by molar-refractivity contribution is 6.03. The van der Waals surface area contributed by atoms with Crippen LogP contribution < -0.4 is 11.2 Å². The first kappa shape index (κ1) is 20.8. The topological polar surface area (TPSA) is 88.8 Å². The first-order chi connectivity index (χ1) is 14.1. The first-order valence-corrected chi connectivity index (χ1v) is 10.1. The molecule has 2 aromatic rings. The van der Waals surface area contributed by atoms with Gasteiger partial charge < -0.3 is 10.7 Å². The molecule has 0 saturated heterocycles. The number of amides is 1. The summed E-state index contributed by atoms with van der Waals surface area (Å²) in [6.07, 6.45) is 0.905. The molecule has 2 aliphatic carbocycles. The molecule has 0 unspecified atom stereocenters. The minimum Gasteiger partial charge on any atom is -0.364 e. The highest BCUT2D eigenvalue weighted by Crippen LogP contribution is 2.51. The predicted octanol–water partition coefficient (Wildman–Crippen LogP) is 4.37. The molecule has 5 nitrogen and oxygen atoms in total. The summed E-state index contributed by atoms with van der Waals surface area (Å²) in [5.41, 5.74) is 5.23. The molecule has 0 radical (unpaired) electrons. The second-order valence-corrected chi connectivity index (χ2v) is 8.60. The zero-order valence-corrected chi connectivity index (χ0v) is 16.3. The number of nitrogens with two attached hydrogens (primary N) is 1. The fourth-order valence-electron chi connectivity index (χ4n) is 5.16. The summed E-state index contributed by atoms with van der Waals surface area (Å²) in [5, 5.41) is 0.0187. The molecule has 2 saturated carbocycles. The van der Waals surface area contributed by atoms with Gasteiger partial charge in [-0.25, -0.2) is 17.6 Å². The smallest absolute Gasteiger partial charge is 0.268 e. The number of primary amides is 1. The maximum absolute atomic E-state index is 14.3. The summed E-state index contributed by atoms with van der Waals surface area (Å²) in [7, 11) is 0. The van der Waals surface area contributed by atoms with Crippen molar-refractivity contribution in [1.29, 1.82) is 0 Å². The molecule has 0 bridgehead atoms. The number of nitrogens with zero attached hydrogens (tertiary/aromatic N) is 1. The third-order valence-corrected chi connectivity index (χ3v) is 6.64. The van der Waals surface area contributed by atoms with Crippen LogP contribution in [0.1, 0.15) is 67.0 Å². The highest BCUT2D eigenvalue weighted by atomic mass is 19.3. The molecule has 3 N–H and O–H groups in total. The summed E-state index contributed by atoms with van der Waals surface area (Å²) in [6, 6.07) is 2.72. The summed E-state index contributed by atoms with van der Waals surface area (Å²) in [6.45, 7) is 0. The van der Waals surface area contributed by atoms with Crippen LogP contribution >= 0.6 is 0 Å². The van der Waals surface area contributed by atoms with E-state index in [0.29, 0.717) is 11.2 Å². The van der Waals surface area contributed by atoms with E-state index in [4.69, 9.17) is 5.73 Å². The second kappa shape index (κ2) is 7.35. The van der Waals surface area contributed by atoms with Gasteiger partial charge in [-0.15, -0.1) is 0 Å². The zero-order chi connectivity index (χ0) is 21.7. The van der Waals surface area contributed by atoms with Crippen LogP contribution in [0.2, 0.25) is 0 Å². The molecule has 4 rings (SSSR count). The van der Waals surface area contributed by atoms with Crippen molar-refractivity contribution in [1.82, 2.24) is 9.97 Å². The van der Waals surface area contributed by atoms with Crippen molar-refractivity contribution in [3.63, 3.8) is 0 Å². The Bertz CT molecular complexity index is 1030. The highest BCUT2D eigenvalue weighted by Gasteiger charge is 2.47. The Kier molecular flexibility index (Phi) is 5.10. The van der Waals surface area contributed by atoms with Crippen molar-refractivity contribution in [3.8, 4) is 0 Å². The minimum absolute atomic E-state index is 0.0187. The van der Waals surface area contributed by atoms with Crippen molar-refractivity contribution in [3.05, 3.63) is 39.9 Å². The van der Waals surface area contributed by atoms with Crippen molar-refractivity contribution in [2.45, 2.75) is 62.7 Å². The number of H-pyrrole nitrogens is 1. The predicted molar refractivity (Wildman–Crippen MR) is 103 cm³/mol. The third-order valence-electron chi connectivity index (χ3n) is 6.64. The van der Waals surface area contributed by atoms with Gasteiger partial charge in [0.25, 0.3) is 5.91 Å². The molecule has 0 spiro atoms. The SMILES string of the molecule is NC(=O)c1nccc2[nH]c([C@H]3CC(F)(F)CC[C@@H]3C3CCC(F)(F)CC3)cc(=O)c12. The number of carbonyl (C=O) groups excluding carboxylic acids is 1. The quantitative estimate of drug-likeness (QED) is 0.716. The minimum atomic E-state index is -2.89. The number of halogens is 4. The summed E-state index contributed by atoms with van der Waals surface area (Å²) >= 11 is 0. The van der Waals surface area contributed by atoms with E-state index in [2.05, 4.69) is 9.97 Å². The number of rotatable bonds is 3. The maximum atomic E-state index is 14.3. The molecule has 2 fully saturated rings. The van der Waals surface area contributed by atoms with Gasteiger partial charge in [-0.3, -0.25) is 14.6 Å². The number of alkyl halides is 4. The lowest BCUT2D eigenvalue weighted by Gasteiger charge is -2.42. The standard InChI is InChI=1S/C21H23F4N3O2/c22-20(23)5-1-11(2-6-20)12-3-7-21(24,25)10-13(12)15-9-16(29)17-14(28-15)4-8-27-18(17)19(26)30/h4,8-9,11-13H,1-3,5-7,10H2,(H2,26,30)(H,28,29)/t12-,13+/m1/s1. The fourth-order valence-corrected chi connectivity index (χ4v) is 5.16. The number of fused-ring (bicyclic) bond motifs is 1. The van der Waals surface area contributed by atoms with Crippen LogP contribution in [0, 0.1) is 11.8 Å². The Hall–Kier alpha value is -2.45. The van der Waals surface area contributed by atoms with Gasteiger partial charge in [0.15, 0.2) is 5.43 Å². The summed E-state index contributed by atoms with van der Waals surface area (Å²) in [4.78, 5) is 31.2. The molecule has 2 aliphatic rings. The number of aromatic nitrogens is 2. The lowest BCUT2D eigenvalue weighted by atomic mass is 9.65. The van der Waals surface area contributed by atoms with Gasteiger partial charge in [0.2, 0.25) is 11.8 Å². The van der Waals surface area contributed by atoms with E-state index in [0.717, 1.165) is 0 Å². The molecule has 2 atom stereocenters. The molecule has 30 heavy (non-hydrogen) atoms. The van der Waals surface area contributed by atoms with Gasteiger partial charge in [0.05, 0.1) is 10.9 Å². The van der Waals surface area contributed by atoms with Crippen molar-refractivity contribution < 1.29 is 22.4 Å². The number of hydrogen-bond acceptors (Lipinski definition) is 3. The molecule has 9 heteroatoms. The van der Waals surface area contributed by atoms with Crippen LogP contribution in [0.4, 0.5) is 17.6 Å². The lowest BCUT2D eigenvalue weighted by molar-refractivity contribution is -0.0840. The van der Waals surface area contributed by atoms with Gasteiger partial charge >= 0.3 is 0 Å². The van der Waals surface area contributed by atoms with Crippen molar-refractivity contribution >= 4 is 16.8 Å². The van der Waals surface area contributed by atoms with Crippen LogP contribution in [-0.2, 0) is 0 Å². The van der Waals surface area contributed by atoms with E-state index in [1.54, 1.807) is 0 Å². The Balaban J connectivity index is 1.74. The van der Waals surface area contributed by atoms with Crippen LogP contribution in [0.15, 0.2) is 23.1 Å². The van der Waals surface area contributed by atoms with Gasteiger partial charge in [0, 0.05) is 49.6 Å². The Morgan fingerprint density at radius 2 is 1.77 bits per heavy atom. The number of carbonyl (C=O) groups is 1. The van der Waals surface area contributed by atoms with Gasteiger partial charge in [0.1, 0.15) is 5.69 Å². The Morgan fingerprint density at radius 1 is 1.10 bits per heavy atom. The van der Waals surface area contributed by atoms with Crippen LogP contribution in [0.3, 0.4) is 0 Å². The summed E-state index contributed by atoms with van der Waals surface area (Å²) < 4.78 is 55.8. The summed E-state index contributed by atoms with van der Waals surface area (Å²) in [5.74, 6) is -7.41. The molecule has 162 valence electrons. The van der Waals surface area contributed by atoms with Gasteiger partial charge in [-0.1, -0.05) is 0 Å². The van der Waals surface area contributed by atoms with E-state index in [9.17, 15) is 27.2 Å². The third kappa shape index (κ3) is 3.94. The molecular formula is C21H23F4N3O2. The van der Waals surface area contributed by atoms with Crippen molar-refractivity contribution in [2.75, 3.05) is 0 Å². The van der Waals surface area contributed by atoms with Gasteiger partial charge in [-0.2, -0.15) is 0 Å². The average molecular weight is 425 g/mol. The van der Waals surface area contributed by atoms with Gasteiger partial charge in [-0.05, 0) is 37.2 Å². The fraction of sp³-hybridized carbons (Fsp3) is 0.571. The van der Waals surface area contributed by atoms with E-state index >= 15 is 0 Å². The van der Waals surface area contributed by atoms with Crippen LogP contribution in [0.5, 0.6) is 0 Å². The van der Waals surface area contributed by atoms with E-state index in [1.807, 2.05) is 0 Å². The largest absolute Gasteiger partial charge is 0.364 e. The van der Waals surface area contributed by atoms with Crippen LogP contribution in [-0.4, -0.2) is 27.7 Å². The number of hydrogen-bond donors (Lipinski definition) is 2. The van der Waals surface area contributed by atoms with Crippen molar-refractivity contribution in [2.24, 2.45) is 17.6 Å². The molecular weight excluding hydrogens is 402 g/mol. The number of nitrogens with one attached hydrogen (secondary N) is 1. The molecule has 1 amide bonds.